The van der Waals surface area contributed by atoms with Crippen LogP contribution in [0.2, 0.25) is 0 Å². The molecule has 1 N–H and O–H groups in total. The van der Waals surface area contributed by atoms with Gasteiger partial charge >= 0.3 is 24.1 Å². The summed E-state index contributed by atoms with van der Waals surface area (Å²) >= 11 is 0. The molecule has 9 nitrogen and oxygen atoms in total. The fraction of sp³-hybridized carbons (Fsp3) is 0.357. The number of ether oxygens (including phenoxy) is 4. The molecule has 37 heavy (non-hydrogen) atoms. The van der Waals surface area contributed by atoms with E-state index in [0.717, 1.165) is 43.7 Å². The van der Waals surface area contributed by atoms with Crippen molar-refractivity contribution in [2.45, 2.75) is 59.2 Å². The van der Waals surface area contributed by atoms with Crippen molar-refractivity contribution in [1.29, 1.82) is 0 Å². The summed E-state index contributed by atoms with van der Waals surface area (Å²) in [4.78, 5) is 39.2. The molecular weight excluding hydrogens is 476 g/mol. The van der Waals surface area contributed by atoms with E-state index in [9.17, 15) is 14.4 Å². The Bertz CT molecular complexity index is 1560. The number of nitrogens with one attached hydrogen (secondary N) is 1. The van der Waals surface area contributed by atoms with Gasteiger partial charge in [0.1, 0.15) is 0 Å². The zero-order chi connectivity index (χ0) is 26.4. The van der Waals surface area contributed by atoms with Gasteiger partial charge in [0, 0.05) is 48.5 Å². The minimum atomic E-state index is -1.04. The summed E-state index contributed by atoms with van der Waals surface area (Å²) in [6.45, 7) is 7.91. The molecule has 4 aromatic rings. The number of benzene rings is 2. The first-order valence-corrected chi connectivity index (χ1v) is 12.1. The molecule has 0 radical (unpaired) electrons. The van der Waals surface area contributed by atoms with Gasteiger partial charge in [-0.3, -0.25) is 14.4 Å². The van der Waals surface area contributed by atoms with Crippen LogP contribution in [-0.2, 0) is 33.3 Å². The molecule has 5 rings (SSSR count). The molecule has 1 saturated heterocycles. The van der Waals surface area contributed by atoms with Crippen molar-refractivity contribution in [3.8, 4) is 0 Å². The van der Waals surface area contributed by atoms with Crippen LogP contribution in [-0.4, -0.2) is 47.8 Å². The van der Waals surface area contributed by atoms with Crippen LogP contribution in [0, 0.1) is 13.8 Å². The number of carbonyl (C=O) groups excluding carboxylic acids is 3. The van der Waals surface area contributed by atoms with Gasteiger partial charge in [0.05, 0.1) is 12.1 Å². The Morgan fingerprint density at radius 2 is 1.54 bits per heavy atom. The number of aryl methyl sites for hydroxylation is 2. The van der Waals surface area contributed by atoms with Crippen LogP contribution < -0.4 is 4.57 Å². The van der Waals surface area contributed by atoms with E-state index in [1.54, 1.807) is 0 Å². The van der Waals surface area contributed by atoms with E-state index in [0.29, 0.717) is 0 Å². The Morgan fingerprint density at radius 1 is 0.865 bits per heavy atom. The maximum Gasteiger partial charge on any atom is 0.304 e. The van der Waals surface area contributed by atoms with Crippen LogP contribution in [0.3, 0.4) is 0 Å². The number of pyridine rings is 1. The first-order valence-electron chi connectivity index (χ1n) is 12.1. The first-order chi connectivity index (χ1) is 17.7. The zero-order valence-corrected chi connectivity index (χ0v) is 21.4. The number of hydrogen-bond donors (Lipinski definition) is 1. The van der Waals surface area contributed by atoms with Gasteiger partial charge in [0.25, 0.3) is 0 Å². The van der Waals surface area contributed by atoms with Gasteiger partial charge in [-0.15, -0.1) is 0 Å². The average Bonchev–Trinajstić information content (AvgIpc) is 3.24. The summed E-state index contributed by atoms with van der Waals surface area (Å²) < 4.78 is 24.3. The monoisotopic (exact) mass is 505 g/mol. The Morgan fingerprint density at radius 3 is 2.24 bits per heavy atom. The topological polar surface area (TPSA) is 108 Å². The summed E-state index contributed by atoms with van der Waals surface area (Å²) in [6, 6.07) is 10.2. The summed E-state index contributed by atoms with van der Waals surface area (Å²) in [6.07, 6.45) is -0.00890. The second-order valence-corrected chi connectivity index (χ2v) is 9.41. The van der Waals surface area contributed by atoms with Gasteiger partial charge in [0.15, 0.2) is 24.6 Å². The summed E-state index contributed by atoms with van der Waals surface area (Å²) in [5, 5.41) is 4.36. The molecule has 4 atom stereocenters. The Kier molecular flexibility index (Phi) is 6.33. The van der Waals surface area contributed by atoms with Gasteiger partial charge in [-0.05, 0) is 36.4 Å². The number of hydrogen-bond acceptors (Lipinski definition) is 7. The van der Waals surface area contributed by atoms with E-state index < -0.39 is 42.4 Å². The molecule has 0 amide bonds. The molecule has 3 heterocycles. The first kappa shape index (κ1) is 24.7. The van der Waals surface area contributed by atoms with Crippen LogP contribution in [0.4, 0.5) is 0 Å². The van der Waals surface area contributed by atoms with Gasteiger partial charge in [0.2, 0.25) is 6.10 Å². The highest BCUT2D eigenvalue weighted by Crippen LogP contribution is 2.36. The molecule has 0 spiro atoms. The molecular formula is C28H29N2O7+. The number of aromatic nitrogens is 2. The molecule has 2 aromatic carbocycles. The smallest absolute Gasteiger partial charge is 0.304 e. The van der Waals surface area contributed by atoms with E-state index in [1.165, 1.54) is 20.8 Å². The number of rotatable bonds is 4. The van der Waals surface area contributed by atoms with Crippen molar-refractivity contribution in [3.63, 3.8) is 0 Å². The molecule has 0 unspecified atom stereocenters. The Hall–Kier alpha value is -3.98. The van der Waals surface area contributed by atoms with Gasteiger partial charge in [-0.1, -0.05) is 18.2 Å². The van der Waals surface area contributed by atoms with E-state index in [2.05, 4.69) is 31.0 Å². The van der Waals surface area contributed by atoms with Crippen LogP contribution in [0.15, 0.2) is 42.7 Å². The van der Waals surface area contributed by atoms with Crippen molar-refractivity contribution < 1.29 is 37.9 Å². The van der Waals surface area contributed by atoms with E-state index in [-0.39, 0.29) is 6.61 Å². The lowest BCUT2D eigenvalue weighted by molar-refractivity contribution is -0.773. The van der Waals surface area contributed by atoms with Crippen LogP contribution in [0.1, 0.15) is 38.1 Å². The number of H-pyrrole nitrogens is 1. The van der Waals surface area contributed by atoms with Crippen LogP contribution in [0.25, 0.3) is 32.6 Å². The third-order valence-corrected chi connectivity index (χ3v) is 6.86. The SMILES string of the molecule is CC(=O)O[C@@H]1[C@@H](OC(C)=O)[C@@H]([n+]2ccc3c(C)c4[nH]c5ccccc5c4c(C)c3c2)OC[C@@H]1OC(C)=O. The van der Waals surface area contributed by atoms with Crippen molar-refractivity contribution in [2.75, 3.05) is 6.61 Å². The second-order valence-electron chi connectivity index (χ2n) is 9.41. The quantitative estimate of drug-likeness (QED) is 0.256. The molecule has 0 bridgehead atoms. The number of para-hydroxylation sites is 1. The fourth-order valence-corrected chi connectivity index (χ4v) is 5.36. The van der Waals surface area contributed by atoms with Gasteiger partial charge < -0.3 is 23.9 Å². The zero-order valence-electron chi connectivity index (χ0n) is 21.4. The van der Waals surface area contributed by atoms with Crippen molar-refractivity contribution in [2.24, 2.45) is 0 Å². The third-order valence-electron chi connectivity index (χ3n) is 6.86. The molecule has 1 aliphatic heterocycles. The minimum Gasteiger partial charge on any atom is -0.456 e. The Balaban J connectivity index is 1.65. The largest absolute Gasteiger partial charge is 0.456 e. The maximum absolute atomic E-state index is 12.1. The number of nitrogens with zero attached hydrogens (tertiary/aromatic N) is 1. The number of esters is 3. The van der Waals surface area contributed by atoms with Crippen LogP contribution in [0.5, 0.6) is 0 Å². The van der Waals surface area contributed by atoms with Crippen molar-refractivity contribution in [1.82, 2.24) is 4.98 Å². The highest BCUT2D eigenvalue weighted by atomic mass is 16.6. The normalized spacial score (nSPS) is 21.8. The molecule has 1 aliphatic rings. The van der Waals surface area contributed by atoms with Crippen molar-refractivity contribution >= 4 is 50.5 Å². The fourth-order valence-electron chi connectivity index (χ4n) is 5.36. The highest BCUT2D eigenvalue weighted by Gasteiger charge is 2.51. The van der Waals surface area contributed by atoms with E-state index >= 15 is 0 Å². The summed E-state index contributed by atoms with van der Waals surface area (Å²) in [7, 11) is 0. The molecule has 192 valence electrons. The molecule has 1 fully saturated rings. The van der Waals surface area contributed by atoms with Gasteiger partial charge in [-0.2, -0.15) is 4.57 Å². The molecule has 0 saturated carbocycles. The molecule has 0 aliphatic carbocycles. The van der Waals surface area contributed by atoms with E-state index in [1.807, 2.05) is 35.2 Å². The Labute approximate surface area is 213 Å². The van der Waals surface area contributed by atoms with Gasteiger partial charge in [-0.25, -0.2) is 0 Å². The number of carbonyl (C=O) groups is 3. The molecule has 2 aromatic heterocycles. The number of fused-ring (bicyclic) bond motifs is 4. The highest BCUT2D eigenvalue weighted by molar-refractivity contribution is 6.16. The lowest BCUT2D eigenvalue weighted by Crippen LogP contribution is -2.61. The minimum absolute atomic E-state index is 0.0372. The summed E-state index contributed by atoms with van der Waals surface area (Å²) in [5.41, 5.74) is 4.37. The van der Waals surface area contributed by atoms with Crippen molar-refractivity contribution in [3.05, 3.63) is 53.9 Å². The van der Waals surface area contributed by atoms with E-state index in [4.69, 9.17) is 18.9 Å². The third kappa shape index (κ3) is 4.40. The lowest BCUT2D eigenvalue weighted by atomic mass is 9.96. The summed E-state index contributed by atoms with van der Waals surface area (Å²) in [5.74, 6) is -1.72. The predicted octanol–water partition coefficient (Wildman–Crippen LogP) is 3.70. The lowest BCUT2D eigenvalue weighted by Gasteiger charge is -2.37. The average molecular weight is 506 g/mol. The molecule has 9 heteroatoms. The van der Waals surface area contributed by atoms with Crippen LogP contribution >= 0.6 is 0 Å². The number of aromatic amines is 1. The standard InChI is InChI=1S/C28H28N2O7/c1-14-21-12-30(11-10-19(21)15(2)25-24(14)20-8-6-7-9-22(20)29-25)28-27(37-18(5)33)26(36-17(4)32)23(13-34-28)35-16(3)31/h6-12,23,26-28H,13H2,1-5H3/p+1/t23-,26-,27+,28-/m0/s1. The second kappa shape index (κ2) is 9.48. The maximum atomic E-state index is 12.1. The predicted molar refractivity (Wildman–Crippen MR) is 135 cm³/mol.